The van der Waals surface area contributed by atoms with Crippen molar-refractivity contribution >= 4 is 34.4 Å². The van der Waals surface area contributed by atoms with Gasteiger partial charge < -0.3 is 21.5 Å². The molecule has 1 aromatic carbocycles. The summed E-state index contributed by atoms with van der Waals surface area (Å²) in [5.74, 6) is -0.0308. The third-order valence-electron chi connectivity index (χ3n) is 5.43. The topological polar surface area (TPSA) is 164 Å². The Morgan fingerprint density at radius 2 is 1.95 bits per heavy atom. The van der Waals surface area contributed by atoms with E-state index >= 15 is 0 Å². The number of aryl methyl sites for hydroxylation is 2. The Morgan fingerprint density at radius 1 is 1.25 bits per heavy atom. The maximum Gasteiger partial charge on any atom is 0.290 e. The van der Waals surface area contributed by atoms with Gasteiger partial charge in [0, 0.05) is 51.1 Å². The van der Waals surface area contributed by atoms with Crippen molar-refractivity contribution in [2.75, 3.05) is 18.8 Å². The van der Waals surface area contributed by atoms with E-state index in [1.807, 2.05) is 57.6 Å². The van der Waals surface area contributed by atoms with Gasteiger partial charge in [0.15, 0.2) is 0 Å². The molecule has 0 saturated heterocycles. The molecule has 0 fully saturated rings. The predicted molar refractivity (Wildman–Crippen MR) is 158 cm³/mol. The Balaban J connectivity index is 0.000000312. The molecule has 212 valence electrons. The molecule has 0 bridgehead atoms. The lowest BCUT2D eigenvalue weighted by Gasteiger charge is -2.11. The summed E-state index contributed by atoms with van der Waals surface area (Å²) in [6.07, 6.45) is 7.86. The first-order chi connectivity index (χ1) is 19.2. The van der Waals surface area contributed by atoms with Gasteiger partial charge in [-0.2, -0.15) is 5.10 Å². The number of rotatable bonds is 9. The molecule has 0 aliphatic rings. The van der Waals surface area contributed by atoms with Crippen LogP contribution in [0.2, 0.25) is 0 Å². The van der Waals surface area contributed by atoms with Crippen LogP contribution in [-0.2, 0) is 24.8 Å². The number of amides is 1. The van der Waals surface area contributed by atoms with Crippen LogP contribution in [0.25, 0.3) is 5.70 Å². The molecule has 0 saturated carbocycles. The second-order valence-electron chi connectivity index (χ2n) is 8.52. The minimum Gasteiger partial charge on any atom is -0.483 e. The first-order valence-corrected chi connectivity index (χ1v) is 13.3. The fourth-order valence-electron chi connectivity index (χ4n) is 3.54. The number of aromatic nitrogens is 4. The normalized spacial score (nSPS) is 9.97. The van der Waals surface area contributed by atoms with Crippen molar-refractivity contribution in [1.82, 2.24) is 30.0 Å². The molecule has 11 nitrogen and oxygen atoms in total. The maximum absolute atomic E-state index is 11.3. The van der Waals surface area contributed by atoms with Gasteiger partial charge in [0.1, 0.15) is 5.49 Å². The summed E-state index contributed by atoms with van der Waals surface area (Å²) in [4.78, 5) is 24.8. The quantitative estimate of drug-likeness (QED) is 0.154. The summed E-state index contributed by atoms with van der Waals surface area (Å²) >= 11 is 1.33. The molecule has 0 unspecified atom stereocenters. The number of anilines is 1. The van der Waals surface area contributed by atoms with Crippen molar-refractivity contribution in [1.29, 1.82) is 5.41 Å². The van der Waals surface area contributed by atoms with Gasteiger partial charge in [-0.3, -0.25) is 29.2 Å². The Hall–Kier alpha value is -4.55. The molecule has 1 amide bonds. The number of hydrogen-bond acceptors (Lipinski definition) is 8. The highest BCUT2D eigenvalue weighted by Gasteiger charge is 2.11. The first kappa shape index (κ1) is 31.7. The van der Waals surface area contributed by atoms with Crippen molar-refractivity contribution in [3.8, 4) is 0 Å². The van der Waals surface area contributed by atoms with Crippen LogP contribution in [0.1, 0.15) is 39.0 Å². The number of nitrogen functional groups attached to an aromatic ring is 1. The minimum atomic E-state index is -0.250. The summed E-state index contributed by atoms with van der Waals surface area (Å²) in [6, 6.07) is 12.1. The molecule has 6 N–H and O–H groups in total. The van der Waals surface area contributed by atoms with Gasteiger partial charge in [-0.15, -0.1) is 11.3 Å². The first-order valence-electron chi connectivity index (χ1n) is 12.5. The fraction of sp³-hybridized carbons (Fsp3) is 0.250. The highest BCUT2D eigenvalue weighted by atomic mass is 32.1. The van der Waals surface area contributed by atoms with E-state index in [1.165, 1.54) is 16.9 Å². The average molecular weight is 565 g/mol. The van der Waals surface area contributed by atoms with E-state index in [0.29, 0.717) is 21.9 Å². The Kier molecular flexibility index (Phi) is 13.0. The maximum atomic E-state index is 11.3. The van der Waals surface area contributed by atoms with Crippen LogP contribution in [0.4, 0.5) is 5.00 Å². The summed E-state index contributed by atoms with van der Waals surface area (Å²) < 4.78 is 3.47. The average Bonchev–Trinajstić information content (AvgIpc) is 3.52. The number of nitrogens with one attached hydrogen (secondary N) is 3. The Morgan fingerprint density at radius 3 is 2.52 bits per heavy atom. The molecular weight excluding hydrogens is 528 g/mol. The van der Waals surface area contributed by atoms with Crippen LogP contribution < -0.4 is 21.9 Å². The van der Waals surface area contributed by atoms with Crippen LogP contribution in [0.3, 0.4) is 0 Å². The van der Waals surface area contributed by atoms with Crippen molar-refractivity contribution in [2.45, 2.75) is 26.8 Å². The summed E-state index contributed by atoms with van der Waals surface area (Å²) in [7, 11) is 1.86. The molecule has 40 heavy (non-hydrogen) atoms. The second kappa shape index (κ2) is 16.4. The van der Waals surface area contributed by atoms with Crippen molar-refractivity contribution in [3.63, 3.8) is 0 Å². The van der Waals surface area contributed by atoms with Crippen molar-refractivity contribution in [3.05, 3.63) is 101 Å². The smallest absolute Gasteiger partial charge is 0.290 e. The number of carboxylic acid groups (broad SMARTS) is 1. The zero-order valence-corrected chi connectivity index (χ0v) is 23.7. The van der Waals surface area contributed by atoms with Crippen molar-refractivity contribution < 1.29 is 14.7 Å². The van der Waals surface area contributed by atoms with Crippen LogP contribution in [0.15, 0.2) is 67.8 Å². The predicted octanol–water partition coefficient (Wildman–Crippen LogP) is 3.04. The lowest BCUT2D eigenvalue weighted by Crippen LogP contribution is -2.22. The molecule has 0 radical (unpaired) electrons. The van der Waals surface area contributed by atoms with Crippen LogP contribution in [0.5, 0.6) is 0 Å². The van der Waals surface area contributed by atoms with E-state index in [9.17, 15) is 4.79 Å². The molecule has 3 heterocycles. The standard InChI is InChI=1S/C19H22N6.C8H12N2OS.CH2O2/c1-15(17-11-23-24(2)13-17)25-14-18(22-12-19(25)20)8-9-21-10-16-6-4-3-5-7-16;1-3-10-8(11)7-5(2)4-6(9)12-7;2-1-3/h3-7,11-14,20-21H,1,8-10H2,2H3;4H,3,9H2,1-2H3,(H,10,11);1H,(H,2,3). The van der Waals surface area contributed by atoms with E-state index in [0.717, 1.165) is 42.0 Å². The highest BCUT2D eigenvalue weighted by Crippen LogP contribution is 2.23. The van der Waals surface area contributed by atoms with E-state index in [4.69, 9.17) is 21.0 Å². The van der Waals surface area contributed by atoms with E-state index in [1.54, 1.807) is 21.6 Å². The molecule has 12 heteroatoms. The molecule has 0 aliphatic heterocycles. The summed E-state index contributed by atoms with van der Waals surface area (Å²) in [5, 5.41) is 26.0. The Labute approximate surface area is 237 Å². The van der Waals surface area contributed by atoms with Gasteiger partial charge in [-0.1, -0.05) is 36.9 Å². The largest absolute Gasteiger partial charge is 0.483 e. The molecular formula is C28H36N8O3S. The lowest BCUT2D eigenvalue weighted by atomic mass is 10.2. The number of carbonyl (C=O) groups excluding carboxylic acids is 1. The molecule has 4 aromatic rings. The molecule has 0 spiro atoms. The zero-order chi connectivity index (χ0) is 29.5. The third-order valence-corrected chi connectivity index (χ3v) is 6.49. The minimum absolute atomic E-state index is 0.0308. The monoisotopic (exact) mass is 564 g/mol. The molecule has 0 aliphatic carbocycles. The van der Waals surface area contributed by atoms with E-state index < -0.39 is 0 Å². The zero-order valence-electron chi connectivity index (χ0n) is 22.9. The van der Waals surface area contributed by atoms with Gasteiger partial charge in [0.25, 0.3) is 12.4 Å². The van der Waals surface area contributed by atoms with Crippen LogP contribution in [0, 0.1) is 12.3 Å². The number of benzene rings is 1. The van der Waals surface area contributed by atoms with Gasteiger partial charge >= 0.3 is 0 Å². The number of nitrogens with zero attached hydrogens (tertiary/aromatic N) is 4. The van der Waals surface area contributed by atoms with Crippen LogP contribution >= 0.6 is 11.3 Å². The number of carbonyl (C=O) groups is 2. The number of thiophene rings is 1. The van der Waals surface area contributed by atoms with Gasteiger partial charge in [0.2, 0.25) is 0 Å². The Bertz CT molecular complexity index is 1440. The molecule has 0 atom stereocenters. The highest BCUT2D eigenvalue weighted by molar-refractivity contribution is 7.17. The number of hydrogen-bond donors (Lipinski definition) is 5. The summed E-state index contributed by atoms with van der Waals surface area (Å²) in [6.45, 7) is 9.92. The van der Waals surface area contributed by atoms with E-state index in [2.05, 4.69) is 39.4 Å². The second-order valence-corrected chi connectivity index (χ2v) is 9.61. The SMILES string of the molecule is C=C(c1cnn(C)c1)n1cc(CCNCc2ccccc2)ncc1=N.CCNC(=O)c1sc(N)cc1C.O=CO. The lowest BCUT2D eigenvalue weighted by molar-refractivity contribution is -0.122. The third kappa shape index (κ3) is 9.97. The van der Waals surface area contributed by atoms with Gasteiger partial charge in [-0.05, 0) is 31.0 Å². The molecule has 3 aromatic heterocycles. The molecule has 4 rings (SSSR count). The van der Waals surface area contributed by atoms with Crippen LogP contribution in [-0.4, -0.2) is 49.9 Å². The van der Waals surface area contributed by atoms with Gasteiger partial charge in [-0.25, -0.2) is 0 Å². The van der Waals surface area contributed by atoms with E-state index in [-0.39, 0.29) is 12.4 Å². The fourth-order valence-corrected chi connectivity index (χ4v) is 4.39. The number of nitrogens with two attached hydrogens (primary N) is 1. The summed E-state index contributed by atoms with van der Waals surface area (Å²) in [5.41, 5.74) is 10.6. The van der Waals surface area contributed by atoms with Gasteiger partial charge in [0.05, 0.1) is 33.7 Å². The van der Waals surface area contributed by atoms with Crippen molar-refractivity contribution in [2.24, 2.45) is 7.05 Å².